The number of guanidine groups is 1. The third-order valence-corrected chi connectivity index (χ3v) is 3.15. The number of benzene rings is 1. The van der Waals surface area contributed by atoms with Gasteiger partial charge in [-0.25, -0.2) is 4.99 Å². The fraction of sp³-hybridized carbons (Fsp3) is 0.588. The van der Waals surface area contributed by atoms with Crippen molar-refractivity contribution in [3.8, 4) is 0 Å². The van der Waals surface area contributed by atoms with E-state index in [2.05, 4.69) is 29.5 Å². The van der Waals surface area contributed by atoms with Crippen LogP contribution in [0, 0.1) is 5.92 Å². The highest BCUT2D eigenvalue weighted by atomic mass is 127. The molecule has 1 aromatic rings. The van der Waals surface area contributed by atoms with E-state index in [9.17, 15) is 5.11 Å². The molecule has 0 saturated heterocycles. The standard InChI is InChI=1S/C17H28ClN3O2.HI/c1-4-19-17(20-9-14-6-5-7-15(18)8-14)21-10-16(22)12-23-11-13(2)3;/h5-8,13,16,22H,4,9-12H2,1-3H3,(H2,19,20,21);1H. The van der Waals surface area contributed by atoms with Crippen LogP contribution in [0.15, 0.2) is 29.3 Å². The van der Waals surface area contributed by atoms with E-state index in [1.165, 1.54) is 0 Å². The number of hydrogen-bond acceptors (Lipinski definition) is 3. The summed E-state index contributed by atoms with van der Waals surface area (Å²) < 4.78 is 5.43. The van der Waals surface area contributed by atoms with Crippen molar-refractivity contribution in [2.24, 2.45) is 10.9 Å². The second-order valence-electron chi connectivity index (χ2n) is 5.79. The molecule has 0 bridgehead atoms. The molecule has 3 N–H and O–H groups in total. The Labute approximate surface area is 167 Å². The maximum Gasteiger partial charge on any atom is 0.191 e. The van der Waals surface area contributed by atoms with Gasteiger partial charge >= 0.3 is 0 Å². The number of rotatable bonds is 9. The van der Waals surface area contributed by atoms with Crippen molar-refractivity contribution in [2.75, 3.05) is 26.3 Å². The van der Waals surface area contributed by atoms with Gasteiger partial charge < -0.3 is 20.5 Å². The average Bonchev–Trinajstić information content (AvgIpc) is 2.50. The summed E-state index contributed by atoms with van der Waals surface area (Å²) in [6.07, 6.45) is -0.566. The van der Waals surface area contributed by atoms with E-state index in [1.54, 1.807) is 0 Å². The molecule has 0 aromatic heterocycles. The van der Waals surface area contributed by atoms with Crippen LogP contribution >= 0.6 is 35.6 Å². The summed E-state index contributed by atoms with van der Waals surface area (Å²) in [6.45, 7) is 8.79. The van der Waals surface area contributed by atoms with Gasteiger partial charge in [0.1, 0.15) is 0 Å². The maximum absolute atomic E-state index is 9.91. The van der Waals surface area contributed by atoms with Gasteiger partial charge in [-0.15, -0.1) is 24.0 Å². The Bertz CT molecular complexity index is 487. The molecule has 0 fully saturated rings. The van der Waals surface area contributed by atoms with Gasteiger partial charge in [-0.2, -0.15) is 0 Å². The zero-order chi connectivity index (χ0) is 17.1. The van der Waals surface area contributed by atoms with Gasteiger partial charge in [0.25, 0.3) is 0 Å². The number of aliphatic hydroxyl groups excluding tert-OH is 1. The predicted molar refractivity (Wildman–Crippen MR) is 111 cm³/mol. The van der Waals surface area contributed by atoms with Gasteiger partial charge in [0.15, 0.2) is 5.96 Å². The molecule has 1 rings (SSSR count). The first kappa shape index (κ1) is 23.4. The van der Waals surface area contributed by atoms with Gasteiger partial charge in [0, 0.05) is 24.7 Å². The Morgan fingerprint density at radius 3 is 2.67 bits per heavy atom. The van der Waals surface area contributed by atoms with Crippen LogP contribution in [0.2, 0.25) is 5.02 Å². The first-order chi connectivity index (χ1) is 11.0. The van der Waals surface area contributed by atoms with Crippen molar-refractivity contribution in [3.05, 3.63) is 34.9 Å². The van der Waals surface area contributed by atoms with Crippen molar-refractivity contribution in [2.45, 2.75) is 33.4 Å². The third-order valence-electron chi connectivity index (χ3n) is 2.92. The van der Waals surface area contributed by atoms with Crippen LogP contribution in [-0.2, 0) is 11.3 Å². The van der Waals surface area contributed by atoms with E-state index in [1.807, 2.05) is 31.2 Å². The zero-order valence-electron chi connectivity index (χ0n) is 14.6. The molecule has 0 aliphatic heterocycles. The normalized spacial score (nSPS) is 12.7. The fourth-order valence-electron chi connectivity index (χ4n) is 1.86. The topological polar surface area (TPSA) is 65.9 Å². The molecule has 0 amide bonds. The number of aliphatic imine (C=N–C) groups is 1. The minimum Gasteiger partial charge on any atom is -0.389 e. The van der Waals surface area contributed by atoms with Crippen LogP contribution < -0.4 is 10.6 Å². The highest BCUT2D eigenvalue weighted by molar-refractivity contribution is 14.0. The van der Waals surface area contributed by atoms with Crippen molar-refractivity contribution < 1.29 is 9.84 Å². The zero-order valence-corrected chi connectivity index (χ0v) is 17.7. The molecule has 24 heavy (non-hydrogen) atoms. The van der Waals surface area contributed by atoms with E-state index in [0.717, 1.165) is 12.1 Å². The molecule has 0 heterocycles. The number of ether oxygens (including phenoxy) is 1. The Morgan fingerprint density at radius 1 is 1.29 bits per heavy atom. The lowest BCUT2D eigenvalue weighted by Gasteiger charge is -2.16. The lowest BCUT2D eigenvalue weighted by Crippen LogP contribution is -2.42. The molecule has 7 heteroatoms. The van der Waals surface area contributed by atoms with Crippen LogP contribution in [0.3, 0.4) is 0 Å². The molecule has 0 aliphatic carbocycles. The second kappa shape index (κ2) is 13.7. The number of nitrogens with zero attached hydrogens (tertiary/aromatic N) is 1. The SMILES string of the molecule is CCNC(=NCc1cccc(Cl)c1)NCC(O)COCC(C)C.I. The molecule has 5 nitrogen and oxygen atoms in total. The number of halogens is 2. The summed E-state index contributed by atoms with van der Waals surface area (Å²) in [5, 5.41) is 16.9. The Hall–Kier alpha value is -0.570. The van der Waals surface area contributed by atoms with Crippen LogP contribution in [-0.4, -0.2) is 43.5 Å². The molecule has 0 radical (unpaired) electrons. The summed E-state index contributed by atoms with van der Waals surface area (Å²) in [4.78, 5) is 4.49. The van der Waals surface area contributed by atoms with Crippen LogP contribution in [0.1, 0.15) is 26.3 Å². The fourth-order valence-corrected chi connectivity index (χ4v) is 2.07. The molecule has 1 unspecified atom stereocenters. The van der Waals surface area contributed by atoms with E-state index in [0.29, 0.717) is 43.2 Å². The molecule has 138 valence electrons. The minimum absolute atomic E-state index is 0. The number of aliphatic hydroxyl groups is 1. The largest absolute Gasteiger partial charge is 0.389 e. The average molecular weight is 470 g/mol. The monoisotopic (exact) mass is 469 g/mol. The molecule has 0 spiro atoms. The highest BCUT2D eigenvalue weighted by Gasteiger charge is 2.06. The molecule has 1 aromatic carbocycles. The van der Waals surface area contributed by atoms with Gasteiger partial charge in [0.05, 0.1) is 19.3 Å². The lowest BCUT2D eigenvalue weighted by molar-refractivity contribution is 0.0280. The first-order valence-electron chi connectivity index (χ1n) is 8.03. The van der Waals surface area contributed by atoms with Crippen molar-refractivity contribution in [1.82, 2.24) is 10.6 Å². The predicted octanol–water partition coefficient (Wildman–Crippen LogP) is 3.05. The Morgan fingerprint density at radius 2 is 2.04 bits per heavy atom. The van der Waals surface area contributed by atoms with Gasteiger partial charge in [-0.05, 0) is 30.5 Å². The molecule has 1 atom stereocenters. The van der Waals surface area contributed by atoms with Crippen LogP contribution in [0.25, 0.3) is 0 Å². The molecule has 0 aliphatic rings. The summed E-state index contributed by atoms with van der Waals surface area (Å²) in [7, 11) is 0. The lowest BCUT2D eigenvalue weighted by atomic mass is 10.2. The minimum atomic E-state index is -0.566. The van der Waals surface area contributed by atoms with Gasteiger partial charge in [0.2, 0.25) is 0 Å². The Kier molecular flexibility index (Phi) is 13.4. The van der Waals surface area contributed by atoms with Gasteiger partial charge in [-0.1, -0.05) is 37.6 Å². The van der Waals surface area contributed by atoms with Crippen LogP contribution in [0.5, 0.6) is 0 Å². The number of nitrogens with one attached hydrogen (secondary N) is 2. The molecule has 0 saturated carbocycles. The first-order valence-corrected chi connectivity index (χ1v) is 8.41. The number of hydrogen-bond donors (Lipinski definition) is 3. The van der Waals surface area contributed by atoms with Gasteiger partial charge in [-0.3, -0.25) is 0 Å². The summed E-state index contributed by atoms with van der Waals surface area (Å²) in [6, 6.07) is 7.62. The Balaban J connectivity index is 0.00000529. The second-order valence-corrected chi connectivity index (χ2v) is 6.23. The van der Waals surface area contributed by atoms with E-state index in [4.69, 9.17) is 16.3 Å². The molecular weight excluding hydrogens is 441 g/mol. The van der Waals surface area contributed by atoms with Crippen molar-refractivity contribution in [3.63, 3.8) is 0 Å². The summed E-state index contributed by atoms with van der Waals surface area (Å²) in [5.74, 6) is 1.13. The highest BCUT2D eigenvalue weighted by Crippen LogP contribution is 2.11. The van der Waals surface area contributed by atoms with Crippen molar-refractivity contribution in [1.29, 1.82) is 0 Å². The summed E-state index contributed by atoms with van der Waals surface area (Å²) in [5.41, 5.74) is 1.04. The van der Waals surface area contributed by atoms with E-state index >= 15 is 0 Å². The van der Waals surface area contributed by atoms with E-state index < -0.39 is 6.10 Å². The van der Waals surface area contributed by atoms with E-state index in [-0.39, 0.29) is 24.0 Å². The maximum atomic E-state index is 9.91. The third kappa shape index (κ3) is 11.1. The summed E-state index contributed by atoms with van der Waals surface area (Å²) >= 11 is 5.97. The van der Waals surface area contributed by atoms with Crippen molar-refractivity contribution >= 4 is 41.5 Å². The quantitative estimate of drug-likeness (QED) is 0.295. The molecular formula is C17H29ClIN3O2. The van der Waals surface area contributed by atoms with Crippen LogP contribution in [0.4, 0.5) is 0 Å². The smallest absolute Gasteiger partial charge is 0.191 e.